The average molecular weight is 591 g/mol. The number of cyclic esters (lactones) is 1. The fraction of sp³-hybridized carbons (Fsp3) is 0.469. The number of amides is 3. The quantitative estimate of drug-likeness (QED) is 0.457. The lowest BCUT2D eigenvalue weighted by molar-refractivity contribution is -0.146. The van der Waals surface area contributed by atoms with Crippen LogP contribution in [0.3, 0.4) is 0 Å². The van der Waals surface area contributed by atoms with Gasteiger partial charge in [-0.05, 0) is 47.8 Å². The molecule has 2 aliphatic heterocycles. The number of nitrogens with zero attached hydrogens (tertiary/aromatic N) is 2. The van der Waals surface area contributed by atoms with Gasteiger partial charge in [0.25, 0.3) is 0 Å². The SMILES string of the molecule is C=C[C@@H]1C[C@]1(NC(=O)[C@@H]1C[C@@H]2CN1C(=O)[C@H](C(C)(C)C)NC(=O)OCCC/C=C/c1ccc3ccnc(c3c1)O2)C(=O)O. The molecule has 1 aromatic heterocycles. The van der Waals surface area contributed by atoms with Gasteiger partial charge in [0.05, 0.1) is 13.2 Å². The fourth-order valence-electron chi connectivity index (χ4n) is 5.77. The van der Waals surface area contributed by atoms with Crippen molar-refractivity contribution in [3.05, 3.63) is 54.8 Å². The van der Waals surface area contributed by atoms with Gasteiger partial charge >= 0.3 is 12.1 Å². The third-order valence-corrected chi connectivity index (χ3v) is 8.34. The van der Waals surface area contributed by atoms with Gasteiger partial charge in [0, 0.05) is 23.9 Å². The smallest absolute Gasteiger partial charge is 0.407 e. The van der Waals surface area contributed by atoms with Crippen molar-refractivity contribution in [3.63, 3.8) is 0 Å². The summed E-state index contributed by atoms with van der Waals surface area (Å²) in [5, 5.41) is 17.0. The summed E-state index contributed by atoms with van der Waals surface area (Å²) in [6.45, 7) is 9.30. The van der Waals surface area contributed by atoms with Crippen molar-refractivity contribution in [3.8, 4) is 5.88 Å². The van der Waals surface area contributed by atoms with Crippen LogP contribution in [-0.2, 0) is 19.1 Å². The Morgan fingerprint density at radius 3 is 2.74 bits per heavy atom. The van der Waals surface area contributed by atoms with Crippen molar-refractivity contribution >= 4 is 40.7 Å². The molecule has 2 fully saturated rings. The molecule has 228 valence electrons. The van der Waals surface area contributed by atoms with E-state index in [2.05, 4.69) is 22.2 Å². The van der Waals surface area contributed by atoms with E-state index in [1.54, 1.807) is 6.20 Å². The highest BCUT2D eigenvalue weighted by molar-refractivity contribution is 5.96. The summed E-state index contributed by atoms with van der Waals surface area (Å²) in [6, 6.07) is 5.74. The number of carboxylic acid groups (broad SMARTS) is 1. The molecule has 1 saturated heterocycles. The first kappa shape index (κ1) is 30.1. The normalized spacial score (nSPS) is 28.6. The van der Waals surface area contributed by atoms with Gasteiger partial charge in [-0.15, -0.1) is 6.58 Å². The Hall–Kier alpha value is -4.41. The number of hydrogen-bond donors (Lipinski definition) is 3. The molecule has 5 atom stereocenters. The van der Waals surface area contributed by atoms with Crippen molar-refractivity contribution < 1.29 is 33.8 Å². The number of fused-ring (bicyclic) bond motifs is 3. The number of carbonyl (C=O) groups is 4. The first-order chi connectivity index (χ1) is 20.4. The van der Waals surface area contributed by atoms with Crippen LogP contribution >= 0.6 is 0 Å². The maximum absolute atomic E-state index is 14.1. The molecule has 0 spiro atoms. The molecule has 5 rings (SSSR count). The van der Waals surface area contributed by atoms with Gasteiger partial charge in [0.15, 0.2) is 0 Å². The van der Waals surface area contributed by atoms with Gasteiger partial charge < -0.3 is 30.1 Å². The number of aromatic nitrogens is 1. The van der Waals surface area contributed by atoms with Gasteiger partial charge in [-0.3, -0.25) is 9.59 Å². The highest BCUT2D eigenvalue weighted by atomic mass is 16.5. The van der Waals surface area contributed by atoms with E-state index in [9.17, 15) is 24.3 Å². The van der Waals surface area contributed by atoms with E-state index in [0.29, 0.717) is 18.7 Å². The molecule has 11 heteroatoms. The largest absolute Gasteiger partial charge is 0.479 e. The van der Waals surface area contributed by atoms with Crippen molar-refractivity contribution in [2.45, 2.75) is 70.2 Å². The molecule has 3 aliphatic rings. The molecule has 3 amide bonds. The van der Waals surface area contributed by atoms with Gasteiger partial charge in [-0.25, -0.2) is 14.6 Å². The highest BCUT2D eigenvalue weighted by Crippen LogP contribution is 2.45. The summed E-state index contributed by atoms with van der Waals surface area (Å²) >= 11 is 0. The van der Waals surface area contributed by atoms with Crippen molar-refractivity contribution in [2.24, 2.45) is 11.3 Å². The van der Waals surface area contributed by atoms with Crippen LogP contribution in [0, 0.1) is 11.3 Å². The standard InChI is InChI=1S/C32H38N4O7/c1-5-21-17-32(21,29(39)40)35-26(37)24-16-22-18-36(24)28(38)25(31(2,3)4)34-30(41)42-14-8-6-7-9-19-10-11-20-12-13-33-27(43-22)23(20)15-19/h5,7,9-13,15,21-22,24-25H,1,6,8,14,16-18H2,2-4H3,(H,34,41)(H,35,37)(H,39,40)/b9-7+/t21-,22-,24+,25-,32-/m1/s1. The summed E-state index contributed by atoms with van der Waals surface area (Å²) in [4.78, 5) is 58.6. The maximum Gasteiger partial charge on any atom is 0.407 e. The zero-order chi connectivity index (χ0) is 30.9. The number of aliphatic carboxylic acids is 1. The summed E-state index contributed by atoms with van der Waals surface area (Å²) in [5.74, 6) is -2.30. The first-order valence-electron chi connectivity index (χ1n) is 14.6. The lowest BCUT2D eigenvalue weighted by Gasteiger charge is -2.35. The third kappa shape index (κ3) is 6.21. The molecule has 2 aromatic rings. The molecular weight excluding hydrogens is 552 g/mol. The van der Waals surface area contributed by atoms with Gasteiger partial charge in [0.1, 0.15) is 23.7 Å². The Labute approximate surface area is 250 Å². The number of benzene rings is 1. The highest BCUT2D eigenvalue weighted by Gasteiger charge is 2.61. The monoisotopic (exact) mass is 590 g/mol. The van der Waals surface area contributed by atoms with Crippen molar-refractivity contribution in [1.82, 2.24) is 20.5 Å². The number of carbonyl (C=O) groups excluding carboxylic acids is 3. The Balaban J connectivity index is 1.51. The maximum atomic E-state index is 14.1. The van der Waals surface area contributed by atoms with E-state index in [1.807, 2.05) is 57.2 Å². The second kappa shape index (κ2) is 11.7. The van der Waals surface area contributed by atoms with E-state index in [-0.39, 0.29) is 26.0 Å². The van der Waals surface area contributed by atoms with E-state index >= 15 is 0 Å². The molecule has 3 heterocycles. The Bertz CT molecular complexity index is 1480. The number of hydrogen-bond acceptors (Lipinski definition) is 7. The zero-order valence-electron chi connectivity index (χ0n) is 24.7. The van der Waals surface area contributed by atoms with Crippen LogP contribution in [0.2, 0.25) is 0 Å². The number of alkyl carbamates (subject to hydrolysis) is 1. The van der Waals surface area contributed by atoms with Gasteiger partial charge in [0.2, 0.25) is 17.7 Å². The summed E-state index contributed by atoms with van der Waals surface area (Å²) in [5.41, 5.74) is -1.26. The second-order valence-electron chi connectivity index (χ2n) is 12.5. The van der Waals surface area contributed by atoms with Crippen LogP contribution in [0.5, 0.6) is 5.88 Å². The lowest BCUT2D eigenvalue weighted by Crippen LogP contribution is -2.59. The topological polar surface area (TPSA) is 147 Å². The predicted molar refractivity (Wildman–Crippen MR) is 159 cm³/mol. The van der Waals surface area contributed by atoms with Crippen LogP contribution in [-0.4, -0.2) is 75.7 Å². The van der Waals surface area contributed by atoms with Crippen LogP contribution in [0.15, 0.2) is 49.2 Å². The van der Waals surface area contributed by atoms with Crippen LogP contribution in [0.25, 0.3) is 16.8 Å². The Morgan fingerprint density at radius 2 is 2.05 bits per heavy atom. The number of carboxylic acids is 1. The minimum absolute atomic E-state index is 0.0306. The molecule has 4 bridgehead atoms. The van der Waals surface area contributed by atoms with E-state index in [4.69, 9.17) is 9.47 Å². The summed E-state index contributed by atoms with van der Waals surface area (Å²) in [6.07, 6.45) is 7.37. The molecule has 1 aromatic carbocycles. The Morgan fingerprint density at radius 1 is 1.26 bits per heavy atom. The number of pyridine rings is 1. The van der Waals surface area contributed by atoms with E-state index in [1.165, 1.54) is 11.0 Å². The predicted octanol–water partition coefficient (Wildman–Crippen LogP) is 3.68. The molecule has 3 N–H and O–H groups in total. The minimum atomic E-state index is -1.47. The summed E-state index contributed by atoms with van der Waals surface area (Å²) in [7, 11) is 0. The molecular formula is C32H38N4O7. The van der Waals surface area contributed by atoms with Gasteiger partial charge in [-0.2, -0.15) is 0 Å². The van der Waals surface area contributed by atoms with Crippen LogP contribution in [0.4, 0.5) is 4.79 Å². The number of allylic oxidation sites excluding steroid dienone is 1. The van der Waals surface area contributed by atoms with Crippen molar-refractivity contribution in [2.75, 3.05) is 13.2 Å². The molecule has 11 nitrogen and oxygen atoms in total. The first-order valence-corrected chi connectivity index (χ1v) is 14.6. The Kier molecular flexibility index (Phi) is 8.18. The van der Waals surface area contributed by atoms with Crippen molar-refractivity contribution in [1.29, 1.82) is 0 Å². The zero-order valence-corrected chi connectivity index (χ0v) is 24.7. The molecule has 1 saturated carbocycles. The van der Waals surface area contributed by atoms with Crippen LogP contribution < -0.4 is 15.4 Å². The third-order valence-electron chi connectivity index (χ3n) is 8.34. The lowest BCUT2D eigenvalue weighted by atomic mass is 9.85. The molecule has 0 radical (unpaired) electrons. The molecule has 1 aliphatic carbocycles. The van der Waals surface area contributed by atoms with E-state index in [0.717, 1.165) is 16.3 Å². The van der Waals surface area contributed by atoms with Gasteiger partial charge in [-0.1, -0.05) is 51.1 Å². The number of nitrogens with one attached hydrogen (secondary N) is 2. The molecule has 0 unspecified atom stereocenters. The van der Waals surface area contributed by atoms with Crippen LogP contribution in [0.1, 0.15) is 52.0 Å². The fourth-order valence-corrected chi connectivity index (χ4v) is 5.77. The number of rotatable bonds is 4. The number of ether oxygens (including phenoxy) is 2. The van der Waals surface area contributed by atoms with E-state index < -0.39 is 58.9 Å². The minimum Gasteiger partial charge on any atom is -0.479 e. The summed E-state index contributed by atoms with van der Waals surface area (Å²) < 4.78 is 11.7. The molecule has 43 heavy (non-hydrogen) atoms. The second-order valence-corrected chi connectivity index (χ2v) is 12.5. The average Bonchev–Trinajstić information content (AvgIpc) is 3.52.